The van der Waals surface area contributed by atoms with Gasteiger partial charge in [-0.2, -0.15) is 4.98 Å². The smallest absolute Gasteiger partial charge is 0.255 e. The van der Waals surface area contributed by atoms with Crippen LogP contribution in [0.3, 0.4) is 0 Å². The Morgan fingerprint density at radius 1 is 0.897 bits per heavy atom. The molecule has 0 saturated heterocycles. The molecule has 0 saturated carbocycles. The summed E-state index contributed by atoms with van der Waals surface area (Å²) < 4.78 is 43.2. The first-order valence-corrected chi connectivity index (χ1v) is 12.8. The number of benzene rings is 4. The van der Waals surface area contributed by atoms with Crippen molar-refractivity contribution in [3.63, 3.8) is 0 Å². The van der Waals surface area contributed by atoms with Crippen LogP contribution in [-0.4, -0.2) is 29.6 Å². The minimum absolute atomic E-state index is 0.0923. The number of aryl methyl sites for hydroxylation is 1. The zero-order valence-electron chi connectivity index (χ0n) is 20.4. The fourth-order valence-corrected chi connectivity index (χ4v) is 4.58. The van der Waals surface area contributed by atoms with E-state index >= 15 is 0 Å². The number of hydrogen-bond acceptors (Lipinski definition) is 7. The van der Waals surface area contributed by atoms with Crippen molar-refractivity contribution in [2.45, 2.75) is 6.92 Å². The third-order valence-electron chi connectivity index (χ3n) is 5.85. The van der Waals surface area contributed by atoms with Gasteiger partial charge in [0, 0.05) is 23.7 Å². The lowest BCUT2D eigenvalue weighted by Crippen LogP contribution is -2.16. The molecule has 0 atom stereocenters. The SMILES string of the molecule is Cc1nc(-c2ccc(-c3ccc(C(=O)Nc4ccc(O)c(N(c5ccc(F)cc5)[SH](=O)=O)c4)cc3)cc2)no1. The van der Waals surface area contributed by atoms with Crippen LogP contribution in [0.4, 0.5) is 21.5 Å². The molecule has 4 aromatic carbocycles. The standard InChI is InChI=1S/C28H21FN4O5S/c1-17-30-27(32-38-17)20-6-2-18(3-7-20)19-4-8-21(9-5-19)28(35)31-23-12-15-26(34)25(16-23)33(39(36)37)24-13-10-22(29)11-14-24/h2-16,34,39H,1H3,(H,31,35). The molecule has 0 aliphatic rings. The molecule has 11 heteroatoms. The number of rotatable bonds is 7. The summed E-state index contributed by atoms with van der Waals surface area (Å²) in [4.78, 5) is 17.1. The molecule has 1 heterocycles. The molecule has 9 nitrogen and oxygen atoms in total. The Morgan fingerprint density at radius 3 is 2.10 bits per heavy atom. The summed E-state index contributed by atoms with van der Waals surface area (Å²) in [6.45, 7) is 1.72. The molecule has 2 N–H and O–H groups in total. The lowest BCUT2D eigenvalue weighted by Gasteiger charge is -2.20. The number of hydrogen-bond donors (Lipinski definition) is 3. The third-order valence-corrected chi connectivity index (χ3v) is 6.62. The van der Waals surface area contributed by atoms with Crippen molar-refractivity contribution < 1.29 is 27.2 Å². The monoisotopic (exact) mass is 544 g/mol. The summed E-state index contributed by atoms with van der Waals surface area (Å²) in [6.07, 6.45) is 0. The molecule has 196 valence electrons. The summed E-state index contributed by atoms with van der Waals surface area (Å²) in [5.74, 6) is -0.307. The number of aromatic nitrogens is 2. The van der Waals surface area contributed by atoms with E-state index in [1.54, 1.807) is 19.1 Å². The number of aromatic hydroxyl groups is 1. The quantitative estimate of drug-likeness (QED) is 0.183. The number of thiol groups is 1. The Labute approximate surface area is 224 Å². The summed E-state index contributed by atoms with van der Waals surface area (Å²) in [5.41, 5.74) is 3.31. The second-order valence-corrected chi connectivity index (χ2v) is 9.35. The Hall–Kier alpha value is -5.03. The molecule has 0 aliphatic carbocycles. The van der Waals surface area contributed by atoms with Crippen molar-refractivity contribution in [3.05, 3.63) is 108 Å². The van der Waals surface area contributed by atoms with E-state index in [4.69, 9.17) is 4.52 Å². The van der Waals surface area contributed by atoms with Crippen molar-refractivity contribution in [2.75, 3.05) is 9.62 Å². The van der Waals surface area contributed by atoms with Crippen LogP contribution in [0.25, 0.3) is 22.5 Å². The van der Waals surface area contributed by atoms with Gasteiger partial charge >= 0.3 is 0 Å². The highest BCUT2D eigenvalue weighted by atomic mass is 32.2. The number of phenolic OH excluding ortho intramolecular Hbond substituents is 1. The number of carbonyl (C=O) groups excluding carboxylic acids is 1. The second-order valence-electron chi connectivity index (χ2n) is 8.48. The van der Waals surface area contributed by atoms with Crippen LogP contribution in [0.1, 0.15) is 16.2 Å². The summed E-state index contributed by atoms with van der Waals surface area (Å²) >= 11 is 0. The highest BCUT2D eigenvalue weighted by Gasteiger charge is 2.18. The van der Waals surface area contributed by atoms with E-state index in [0.29, 0.717) is 17.3 Å². The highest BCUT2D eigenvalue weighted by Crippen LogP contribution is 2.36. The Balaban J connectivity index is 1.33. The van der Waals surface area contributed by atoms with Gasteiger partial charge in [0.25, 0.3) is 5.91 Å². The first-order chi connectivity index (χ1) is 18.8. The number of amides is 1. The van der Waals surface area contributed by atoms with Gasteiger partial charge in [0.1, 0.15) is 17.3 Å². The van der Waals surface area contributed by atoms with Gasteiger partial charge < -0.3 is 14.9 Å². The van der Waals surface area contributed by atoms with E-state index in [1.165, 1.54) is 30.3 Å². The van der Waals surface area contributed by atoms with E-state index in [-0.39, 0.29) is 22.8 Å². The first-order valence-electron chi connectivity index (χ1n) is 11.6. The van der Waals surface area contributed by atoms with Crippen LogP contribution in [0.2, 0.25) is 0 Å². The van der Waals surface area contributed by atoms with Gasteiger partial charge in [0.15, 0.2) is 0 Å². The number of nitrogens with zero attached hydrogens (tertiary/aromatic N) is 3. The van der Waals surface area contributed by atoms with E-state index in [1.807, 2.05) is 36.4 Å². The Morgan fingerprint density at radius 2 is 1.51 bits per heavy atom. The molecule has 5 rings (SSSR count). The van der Waals surface area contributed by atoms with E-state index in [9.17, 15) is 22.7 Å². The molecule has 0 radical (unpaired) electrons. The molecule has 0 fully saturated rings. The van der Waals surface area contributed by atoms with E-state index < -0.39 is 22.6 Å². The largest absolute Gasteiger partial charge is 0.506 e. The van der Waals surface area contributed by atoms with Gasteiger partial charge in [0.2, 0.25) is 22.6 Å². The molecule has 0 spiro atoms. The van der Waals surface area contributed by atoms with Gasteiger partial charge in [-0.1, -0.05) is 41.6 Å². The maximum absolute atomic E-state index is 13.3. The van der Waals surface area contributed by atoms with Crippen LogP contribution in [0.15, 0.2) is 95.5 Å². The van der Waals surface area contributed by atoms with Gasteiger partial charge in [-0.25, -0.2) is 17.1 Å². The molecule has 39 heavy (non-hydrogen) atoms. The predicted molar refractivity (Wildman–Crippen MR) is 145 cm³/mol. The maximum atomic E-state index is 13.3. The summed E-state index contributed by atoms with van der Waals surface area (Å²) in [7, 11) is -3.23. The zero-order valence-corrected chi connectivity index (χ0v) is 21.3. The van der Waals surface area contributed by atoms with Crippen LogP contribution >= 0.6 is 0 Å². The first kappa shape index (κ1) is 25.6. The maximum Gasteiger partial charge on any atom is 0.255 e. The molecule has 1 amide bonds. The Kier molecular flexibility index (Phi) is 7.06. The summed E-state index contributed by atoms with van der Waals surface area (Å²) in [5, 5.41) is 17.0. The zero-order chi connectivity index (χ0) is 27.5. The van der Waals surface area contributed by atoms with Crippen molar-refractivity contribution in [2.24, 2.45) is 0 Å². The van der Waals surface area contributed by atoms with Crippen molar-refractivity contribution in [1.29, 1.82) is 0 Å². The third kappa shape index (κ3) is 5.63. The lowest BCUT2D eigenvalue weighted by atomic mass is 10.0. The van der Waals surface area contributed by atoms with Gasteiger partial charge in [-0.05, 0) is 65.7 Å². The van der Waals surface area contributed by atoms with Crippen molar-refractivity contribution >= 4 is 33.9 Å². The van der Waals surface area contributed by atoms with Gasteiger partial charge in [0.05, 0.1) is 5.69 Å². The molecule has 1 aromatic heterocycles. The number of carbonyl (C=O) groups is 1. The second kappa shape index (κ2) is 10.8. The Bertz CT molecular complexity index is 1710. The van der Waals surface area contributed by atoms with Crippen LogP contribution in [0, 0.1) is 12.7 Å². The fourth-order valence-electron chi connectivity index (χ4n) is 3.92. The van der Waals surface area contributed by atoms with E-state index in [2.05, 4.69) is 15.5 Å². The van der Waals surface area contributed by atoms with Gasteiger partial charge in [-0.3, -0.25) is 4.79 Å². The minimum Gasteiger partial charge on any atom is -0.506 e. The normalized spacial score (nSPS) is 10.9. The van der Waals surface area contributed by atoms with Crippen molar-refractivity contribution in [3.8, 4) is 28.3 Å². The molecular formula is C28H21FN4O5S. The molecular weight excluding hydrogens is 523 g/mol. The van der Waals surface area contributed by atoms with E-state index in [0.717, 1.165) is 33.1 Å². The van der Waals surface area contributed by atoms with Crippen molar-refractivity contribution in [1.82, 2.24) is 10.1 Å². The van der Waals surface area contributed by atoms with Gasteiger partial charge in [-0.15, -0.1) is 0 Å². The molecule has 0 unspecified atom stereocenters. The average Bonchev–Trinajstić information content (AvgIpc) is 3.38. The molecule has 0 bridgehead atoms. The fraction of sp³-hybridized carbons (Fsp3) is 0.0357. The average molecular weight is 545 g/mol. The number of phenols is 1. The molecule has 0 aliphatic heterocycles. The topological polar surface area (TPSA) is 126 Å². The predicted octanol–water partition coefficient (Wildman–Crippen LogP) is 5.47. The lowest BCUT2D eigenvalue weighted by molar-refractivity contribution is 0.102. The number of nitrogens with one attached hydrogen (secondary N) is 1. The number of halogens is 1. The highest BCUT2D eigenvalue weighted by molar-refractivity contribution is 7.74. The number of anilines is 3. The molecule has 5 aromatic rings. The van der Waals surface area contributed by atoms with Crippen LogP contribution in [0.5, 0.6) is 5.75 Å². The minimum atomic E-state index is -3.23. The van der Waals surface area contributed by atoms with Crippen LogP contribution in [-0.2, 0) is 10.9 Å². The van der Waals surface area contributed by atoms with Crippen LogP contribution < -0.4 is 9.62 Å². The summed E-state index contributed by atoms with van der Waals surface area (Å²) in [6, 6.07) is 23.3.